The molecular weight excluding hydrogens is 231 g/mol. The van der Waals surface area contributed by atoms with Crippen molar-refractivity contribution in [1.29, 1.82) is 0 Å². The zero-order valence-electron chi connectivity index (χ0n) is 9.69. The number of hydrogen-bond acceptors (Lipinski definition) is 1. The molecule has 0 amide bonds. The minimum absolute atomic E-state index is 0.146. The van der Waals surface area contributed by atoms with Gasteiger partial charge in [-0.05, 0) is 31.6 Å². The third-order valence-electron chi connectivity index (χ3n) is 3.80. The zero-order chi connectivity index (χ0) is 12.5. The predicted octanol–water partition coefficient (Wildman–Crippen LogP) is 2.03. The third kappa shape index (κ3) is 2.84. The molecule has 0 aromatic rings. The van der Waals surface area contributed by atoms with E-state index < -0.39 is 11.6 Å². The van der Waals surface area contributed by atoms with Crippen molar-refractivity contribution in [2.75, 3.05) is 13.1 Å². The Morgan fingerprint density at radius 1 is 1.35 bits per heavy atom. The molecule has 6 heteroatoms. The van der Waals surface area contributed by atoms with Crippen molar-refractivity contribution in [2.45, 2.75) is 38.3 Å². The van der Waals surface area contributed by atoms with Crippen molar-refractivity contribution in [3.8, 4) is 0 Å². The van der Waals surface area contributed by atoms with Crippen LogP contribution in [0.25, 0.3) is 0 Å². The molecule has 3 nitrogen and oxygen atoms in total. The second-order valence-corrected chi connectivity index (χ2v) is 5.16. The predicted molar refractivity (Wildman–Crippen MR) is 59.6 cm³/mol. The van der Waals surface area contributed by atoms with Crippen LogP contribution in [0.5, 0.6) is 0 Å². The van der Waals surface area contributed by atoms with Gasteiger partial charge >= 0.3 is 6.18 Å². The van der Waals surface area contributed by atoms with Crippen molar-refractivity contribution in [3.05, 3.63) is 0 Å². The van der Waals surface area contributed by atoms with Gasteiger partial charge in [-0.2, -0.15) is 13.2 Å². The maximum absolute atomic E-state index is 12.6. The molecule has 2 aliphatic rings. The Balaban J connectivity index is 1.75. The average molecular weight is 249 g/mol. The van der Waals surface area contributed by atoms with Crippen LogP contribution >= 0.6 is 0 Å². The minimum Gasteiger partial charge on any atom is -0.370 e. The van der Waals surface area contributed by atoms with Gasteiger partial charge in [-0.1, -0.05) is 6.42 Å². The van der Waals surface area contributed by atoms with Crippen molar-refractivity contribution in [1.82, 2.24) is 5.32 Å². The molecule has 2 aliphatic carbocycles. The van der Waals surface area contributed by atoms with Gasteiger partial charge in [0.2, 0.25) is 0 Å². The van der Waals surface area contributed by atoms with E-state index in [4.69, 9.17) is 5.73 Å². The van der Waals surface area contributed by atoms with E-state index in [0.29, 0.717) is 5.92 Å². The first-order chi connectivity index (χ1) is 7.93. The zero-order valence-corrected chi connectivity index (χ0v) is 9.69. The first-order valence-corrected chi connectivity index (χ1v) is 6.03. The number of guanidine groups is 1. The van der Waals surface area contributed by atoms with E-state index in [1.54, 1.807) is 0 Å². The summed E-state index contributed by atoms with van der Waals surface area (Å²) in [6.45, 7) is 0.494. The number of nitrogens with one attached hydrogen (secondary N) is 1. The van der Waals surface area contributed by atoms with Gasteiger partial charge in [0.1, 0.15) is 0 Å². The molecule has 0 aliphatic heterocycles. The van der Waals surface area contributed by atoms with Crippen molar-refractivity contribution < 1.29 is 13.2 Å². The number of alkyl halides is 3. The number of nitrogens with zero attached hydrogens (tertiary/aromatic N) is 1. The number of aliphatic imine (C=N–C) groups is 1. The highest BCUT2D eigenvalue weighted by Gasteiger charge is 2.63. The van der Waals surface area contributed by atoms with Crippen LogP contribution in [0.4, 0.5) is 13.2 Å². The standard InChI is InChI=1S/C11H18F3N3/c12-11(13,14)10(4-5-10)7-17-9(15)16-6-8-2-1-3-8/h8H,1-7H2,(H3,15,16,17). The fraction of sp³-hybridized carbons (Fsp3) is 0.909. The van der Waals surface area contributed by atoms with Crippen molar-refractivity contribution in [3.63, 3.8) is 0 Å². The van der Waals surface area contributed by atoms with Gasteiger partial charge in [-0.15, -0.1) is 0 Å². The summed E-state index contributed by atoms with van der Waals surface area (Å²) in [6.07, 6.45) is -0.212. The van der Waals surface area contributed by atoms with Crippen molar-refractivity contribution in [2.24, 2.45) is 22.1 Å². The van der Waals surface area contributed by atoms with Gasteiger partial charge in [-0.25, -0.2) is 0 Å². The maximum Gasteiger partial charge on any atom is 0.396 e. The van der Waals surface area contributed by atoms with Gasteiger partial charge in [0.15, 0.2) is 5.96 Å². The first kappa shape index (κ1) is 12.5. The van der Waals surface area contributed by atoms with Crippen LogP contribution in [0.15, 0.2) is 4.99 Å². The molecule has 17 heavy (non-hydrogen) atoms. The molecule has 0 spiro atoms. The lowest BCUT2D eigenvalue weighted by Gasteiger charge is -2.25. The van der Waals surface area contributed by atoms with Crippen LogP contribution < -0.4 is 11.1 Å². The Morgan fingerprint density at radius 3 is 2.41 bits per heavy atom. The number of rotatable bonds is 4. The Bertz CT molecular complexity index is 304. The molecule has 0 atom stereocenters. The minimum atomic E-state index is -4.15. The quantitative estimate of drug-likeness (QED) is 0.591. The molecule has 2 fully saturated rings. The Kier molecular flexibility index (Phi) is 3.23. The van der Waals surface area contributed by atoms with Crippen LogP contribution in [0.3, 0.4) is 0 Å². The molecule has 0 saturated heterocycles. The first-order valence-electron chi connectivity index (χ1n) is 6.03. The summed E-state index contributed by atoms with van der Waals surface area (Å²) in [7, 11) is 0. The van der Waals surface area contributed by atoms with E-state index in [2.05, 4.69) is 10.3 Å². The van der Waals surface area contributed by atoms with Gasteiger partial charge < -0.3 is 11.1 Å². The van der Waals surface area contributed by atoms with Crippen LogP contribution in [0.2, 0.25) is 0 Å². The molecule has 98 valence electrons. The Labute approximate surface area is 98.7 Å². The molecule has 2 saturated carbocycles. The SMILES string of the molecule is NC(=NCC1(C(F)(F)F)CC1)NCC1CCC1. The highest BCUT2D eigenvalue weighted by atomic mass is 19.4. The van der Waals surface area contributed by atoms with E-state index >= 15 is 0 Å². The molecule has 0 bridgehead atoms. The smallest absolute Gasteiger partial charge is 0.370 e. The lowest BCUT2D eigenvalue weighted by atomic mass is 9.85. The monoisotopic (exact) mass is 249 g/mol. The van der Waals surface area contributed by atoms with E-state index in [-0.39, 0.29) is 25.3 Å². The van der Waals surface area contributed by atoms with Gasteiger partial charge in [-0.3, -0.25) is 4.99 Å². The average Bonchev–Trinajstić information content (AvgIpc) is 2.91. The second-order valence-electron chi connectivity index (χ2n) is 5.16. The fourth-order valence-electron chi connectivity index (χ4n) is 1.92. The molecule has 2 rings (SSSR count). The molecule has 0 aromatic carbocycles. The number of hydrogen-bond donors (Lipinski definition) is 2. The van der Waals surface area contributed by atoms with E-state index in [9.17, 15) is 13.2 Å². The lowest BCUT2D eigenvalue weighted by molar-refractivity contribution is -0.183. The van der Waals surface area contributed by atoms with E-state index in [1.807, 2.05) is 0 Å². The van der Waals surface area contributed by atoms with Crippen LogP contribution in [-0.4, -0.2) is 25.2 Å². The van der Waals surface area contributed by atoms with E-state index in [1.165, 1.54) is 19.3 Å². The van der Waals surface area contributed by atoms with Gasteiger partial charge in [0.25, 0.3) is 0 Å². The van der Waals surface area contributed by atoms with Gasteiger partial charge in [0, 0.05) is 6.54 Å². The normalized spacial score (nSPS) is 24.3. The third-order valence-corrected chi connectivity index (χ3v) is 3.80. The largest absolute Gasteiger partial charge is 0.396 e. The van der Waals surface area contributed by atoms with E-state index in [0.717, 1.165) is 6.54 Å². The summed E-state index contributed by atoms with van der Waals surface area (Å²) in [5.41, 5.74) is 3.96. The molecular formula is C11H18F3N3. The Hall–Kier alpha value is -0.940. The summed E-state index contributed by atoms with van der Waals surface area (Å²) < 4.78 is 37.8. The summed E-state index contributed by atoms with van der Waals surface area (Å²) in [4.78, 5) is 3.82. The van der Waals surface area contributed by atoms with Crippen LogP contribution in [-0.2, 0) is 0 Å². The number of halogens is 3. The molecule has 0 aromatic heterocycles. The molecule has 3 N–H and O–H groups in total. The molecule has 0 unspecified atom stereocenters. The fourth-order valence-corrected chi connectivity index (χ4v) is 1.92. The maximum atomic E-state index is 12.6. The lowest BCUT2D eigenvalue weighted by Crippen LogP contribution is -2.38. The summed E-state index contributed by atoms with van der Waals surface area (Å²) in [6, 6.07) is 0. The highest BCUT2D eigenvalue weighted by Crippen LogP contribution is 2.57. The molecule has 0 radical (unpaired) electrons. The number of nitrogens with two attached hydrogens (primary N) is 1. The van der Waals surface area contributed by atoms with Crippen molar-refractivity contribution >= 4 is 5.96 Å². The van der Waals surface area contributed by atoms with Gasteiger partial charge in [0.05, 0.1) is 12.0 Å². The second kappa shape index (κ2) is 4.38. The summed E-state index contributed by atoms with van der Waals surface area (Å²) >= 11 is 0. The Morgan fingerprint density at radius 2 is 2.00 bits per heavy atom. The topological polar surface area (TPSA) is 50.4 Å². The summed E-state index contributed by atoms with van der Waals surface area (Å²) in [5.74, 6) is 0.758. The molecule has 0 heterocycles. The summed E-state index contributed by atoms with van der Waals surface area (Å²) in [5, 5.41) is 2.90. The highest BCUT2D eigenvalue weighted by molar-refractivity contribution is 5.77. The van der Waals surface area contributed by atoms with Crippen LogP contribution in [0, 0.1) is 11.3 Å². The van der Waals surface area contributed by atoms with Crippen LogP contribution in [0.1, 0.15) is 32.1 Å².